The Morgan fingerprint density at radius 3 is 2.78 bits per heavy atom. The molecule has 2 aromatic rings. The van der Waals surface area contributed by atoms with Crippen molar-refractivity contribution in [3.05, 3.63) is 47.4 Å². The van der Waals surface area contributed by atoms with Gasteiger partial charge in [0.2, 0.25) is 0 Å². The number of benzene rings is 1. The minimum atomic E-state index is -3.07. The molecule has 3 rings (SSSR count). The van der Waals surface area contributed by atoms with Crippen molar-refractivity contribution in [3.8, 4) is 0 Å². The van der Waals surface area contributed by atoms with Crippen LogP contribution in [-0.4, -0.2) is 35.6 Å². The average molecular weight is 337 g/mol. The van der Waals surface area contributed by atoms with Gasteiger partial charge in [-0.2, -0.15) is 5.10 Å². The molecule has 1 aromatic carbocycles. The molecule has 0 radical (unpaired) electrons. The molecule has 0 unspecified atom stereocenters. The van der Waals surface area contributed by atoms with Gasteiger partial charge in [0.1, 0.15) is 11.6 Å². The van der Waals surface area contributed by atoms with Crippen molar-refractivity contribution in [3.63, 3.8) is 0 Å². The quantitative estimate of drug-likeness (QED) is 0.928. The SMILES string of the molecule is Cc1cc(NC(=O)c2ccccc2F)n([C@@H]2CCS(=O)(=O)C2)n1. The Labute approximate surface area is 133 Å². The molecule has 1 aliphatic heterocycles. The van der Waals surface area contributed by atoms with E-state index in [9.17, 15) is 17.6 Å². The topological polar surface area (TPSA) is 81.1 Å². The van der Waals surface area contributed by atoms with Gasteiger partial charge in [-0.3, -0.25) is 4.79 Å². The van der Waals surface area contributed by atoms with E-state index in [1.807, 2.05) is 0 Å². The lowest BCUT2D eigenvalue weighted by Gasteiger charge is -2.14. The maximum Gasteiger partial charge on any atom is 0.259 e. The van der Waals surface area contributed by atoms with Gasteiger partial charge in [0, 0.05) is 6.07 Å². The second kappa shape index (κ2) is 5.77. The van der Waals surface area contributed by atoms with E-state index in [2.05, 4.69) is 10.4 Å². The third-order valence-electron chi connectivity index (χ3n) is 3.77. The highest BCUT2D eigenvalue weighted by molar-refractivity contribution is 7.91. The first-order valence-corrected chi connectivity index (χ1v) is 9.00. The van der Waals surface area contributed by atoms with E-state index in [-0.39, 0.29) is 23.1 Å². The maximum absolute atomic E-state index is 13.7. The van der Waals surface area contributed by atoms with Gasteiger partial charge in [0.05, 0.1) is 28.8 Å². The number of anilines is 1. The molecule has 0 saturated carbocycles. The second-order valence-corrected chi connectivity index (χ2v) is 7.84. The summed E-state index contributed by atoms with van der Waals surface area (Å²) in [7, 11) is -3.07. The molecule has 0 aliphatic carbocycles. The zero-order chi connectivity index (χ0) is 16.6. The first-order valence-electron chi connectivity index (χ1n) is 7.18. The van der Waals surface area contributed by atoms with E-state index in [4.69, 9.17) is 0 Å². The molecule has 1 aliphatic rings. The molecule has 122 valence electrons. The number of carbonyl (C=O) groups is 1. The van der Waals surface area contributed by atoms with Crippen LogP contribution in [0.3, 0.4) is 0 Å². The molecule has 1 N–H and O–H groups in total. The highest BCUT2D eigenvalue weighted by Gasteiger charge is 2.31. The zero-order valence-corrected chi connectivity index (χ0v) is 13.3. The smallest absolute Gasteiger partial charge is 0.259 e. The maximum atomic E-state index is 13.7. The Kier molecular flexibility index (Phi) is 3.93. The lowest BCUT2D eigenvalue weighted by atomic mass is 10.2. The first-order chi connectivity index (χ1) is 10.9. The normalized spacial score (nSPS) is 19.7. The standard InChI is InChI=1S/C15H16FN3O3S/c1-10-8-14(17-15(20)12-4-2-3-5-13(12)16)19(18-10)11-6-7-23(21,22)9-11/h2-5,8,11H,6-7,9H2,1H3,(H,17,20)/t11-/m1/s1. The minimum Gasteiger partial charge on any atom is -0.307 e. The van der Waals surface area contributed by atoms with Crippen molar-refractivity contribution in [2.24, 2.45) is 0 Å². The summed E-state index contributed by atoms with van der Waals surface area (Å²) in [4.78, 5) is 12.2. The van der Waals surface area contributed by atoms with Crippen LogP contribution < -0.4 is 5.32 Å². The molecule has 1 amide bonds. The van der Waals surface area contributed by atoms with Gasteiger partial charge in [-0.05, 0) is 25.5 Å². The number of sulfone groups is 1. The summed E-state index contributed by atoms with van der Waals surface area (Å²) in [6, 6.07) is 7.00. The summed E-state index contributed by atoms with van der Waals surface area (Å²) in [5.74, 6) is -0.729. The lowest BCUT2D eigenvalue weighted by Crippen LogP contribution is -2.20. The van der Waals surface area contributed by atoms with E-state index >= 15 is 0 Å². The largest absolute Gasteiger partial charge is 0.307 e. The highest BCUT2D eigenvalue weighted by Crippen LogP contribution is 2.27. The minimum absolute atomic E-state index is 0.00329. The van der Waals surface area contributed by atoms with Crippen LogP contribution in [0.15, 0.2) is 30.3 Å². The fourth-order valence-corrected chi connectivity index (χ4v) is 4.38. The number of nitrogens with one attached hydrogen (secondary N) is 1. The number of hydrogen-bond acceptors (Lipinski definition) is 4. The number of rotatable bonds is 3. The van der Waals surface area contributed by atoms with Crippen LogP contribution in [0.1, 0.15) is 28.5 Å². The first kappa shape index (κ1) is 15.7. The molecular weight excluding hydrogens is 321 g/mol. The van der Waals surface area contributed by atoms with Gasteiger partial charge in [-0.25, -0.2) is 17.5 Å². The Hall–Kier alpha value is -2.22. The van der Waals surface area contributed by atoms with Crippen molar-refractivity contribution in [2.75, 3.05) is 16.8 Å². The molecule has 6 nitrogen and oxygen atoms in total. The fourth-order valence-electron chi connectivity index (χ4n) is 2.69. The molecule has 1 aromatic heterocycles. The van der Waals surface area contributed by atoms with Gasteiger partial charge in [0.15, 0.2) is 9.84 Å². The summed E-state index contributed by atoms with van der Waals surface area (Å²) in [6.45, 7) is 1.75. The van der Waals surface area contributed by atoms with Crippen LogP contribution in [0, 0.1) is 12.7 Å². The van der Waals surface area contributed by atoms with Crippen LogP contribution in [-0.2, 0) is 9.84 Å². The Balaban J connectivity index is 1.87. The van der Waals surface area contributed by atoms with E-state index in [1.165, 1.54) is 22.9 Å². The number of amides is 1. The number of hydrogen-bond donors (Lipinski definition) is 1. The van der Waals surface area contributed by atoms with Crippen molar-refractivity contribution in [1.82, 2.24) is 9.78 Å². The number of aromatic nitrogens is 2. The third-order valence-corrected chi connectivity index (χ3v) is 5.52. The van der Waals surface area contributed by atoms with E-state index in [0.717, 1.165) is 0 Å². The van der Waals surface area contributed by atoms with Crippen molar-refractivity contribution >= 4 is 21.6 Å². The van der Waals surface area contributed by atoms with Crippen LogP contribution in [0.5, 0.6) is 0 Å². The Morgan fingerprint density at radius 2 is 2.13 bits per heavy atom. The number of halogens is 1. The van der Waals surface area contributed by atoms with Crippen molar-refractivity contribution in [2.45, 2.75) is 19.4 Å². The molecular formula is C15H16FN3O3S. The predicted octanol–water partition coefficient (Wildman–Crippen LogP) is 1.94. The van der Waals surface area contributed by atoms with Crippen LogP contribution in [0.25, 0.3) is 0 Å². The zero-order valence-electron chi connectivity index (χ0n) is 12.5. The highest BCUT2D eigenvalue weighted by atomic mass is 32.2. The molecule has 0 bridgehead atoms. The van der Waals surface area contributed by atoms with Gasteiger partial charge in [-0.15, -0.1) is 0 Å². The monoisotopic (exact) mass is 337 g/mol. The van der Waals surface area contributed by atoms with Gasteiger partial charge < -0.3 is 5.32 Å². The molecule has 0 spiro atoms. The fraction of sp³-hybridized carbons (Fsp3) is 0.333. The molecule has 23 heavy (non-hydrogen) atoms. The summed E-state index contributed by atoms with van der Waals surface area (Å²) < 4.78 is 38.5. The Morgan fingerprint density at radius 1 is 1.39 bits per heavy atom. The van der Waals surface area contributed by atoms with Gasteiger partial charge in [0.25, 0.3) is 5.91 Å². The number of aryl methyl sites for hydroxylation is 1. The predicted molar refractivity (Wildman–Crippen MR) is 83.6 cm³/mol. The second-order valence-electron chi connectivity index (χ2n) is 5.61. The summed E-state index contributed by atoms with van der Waals surface area (Å²) in [6.07, 6.45) is 0.450. The van der Waals surface area contributed by atoms with Crippen LogP contribution in [0.4, 0.5) is 10.2 Å². The average Bonchev–Trinajstić information content (AvgIpc) is 3.01. The third kappa shape index (κ3) is 3.26. The molecule has 2 heterocycles. The molecule has 1 atom stereocenters. The molecule has 1 fully saturated rings. The van der Waals surface area contributed by atoms with E-state index in [0.29, 0.717) is 17.9 Å². The van der Waals surface area contributed by atoms with E-state index in [1.54, 1.807) is 19.1 Å². The number of nitrogens with zero attached hydrogens (tertiary/aromatic N) is 2. The summed E-state index contributed by atoms with van der Waals surface area (Å²) >= 11 is 0. The van der Waals surface area contributed by atoms with Gasteiger partial charge >= 0.3 is 0 Å². The summed E-state index contributed by atoms with van der Waals surface area (Å²) in [5, 5.41) is 6.89. The van der Waals surface area contributed by atoms with Gasteiger partial charge in [-0.1, -0.05) is 12.1 Å². The van der Waals surface area contributed by atoms with Crippen LogP contribution >= 0.6 is 0 Å². The van der Waals surface area contributed by atoms with Crippen molar-refractivity contribution < 1.29 is 17.6 Å². The molecule has 1 saturated heterocycles. The molecule has 8 heteroatoms. The van der Waals surface area contributed by atoms with E-state index < -0.39 is 21.6 Å². The van der Waals surface area contributed by atoms with Crippen LogP contribution in [0.2, 0.25) is 0 Å². The summed E-state index contributed by atoms with van der Waals surface area (Å²) in [5.41, 5.74) is 0.579. The van der Waals surface area contributed by atoms with Crippen molar-refractivity contribution in [1.29, 1.82) is 0 Å². The lowest BCUT2D eigenvalue weighted by molar-refractivity contribution is 0.102. The number of carbonyl (C=O) groups excluding carboxylic acids is 1. The Bertz CT molecular complexity index is 861.